The summed E-state index contributed by atoms with van der Waals surface area (Å²) >= 11 is 0. The van der Waals surface area contributed by atoms with Gasteiger partial charge in [0.15, 0.2) is 5.82 Å². The summed E-state index contributed by atoms with van der Waals surface area (Å²) in [7, 11) is 0. The summed E-state index contributed by atoms with van der Waals surface area (Å²) in [6.07, 6.45) is 4.13. The predicted molar refractivity (Wildman–Crippen MR) is 79.2 cm³/mol. The van der Waals surface area contributed by atoms with Crippen LogP contribution in [0.2, 0.25) is 0 Å². The molecule has 2 N–H and O–H groups in total. The fraction of sp³-hybridized carbons (Fsp3) is 0.333. The lowest BCUT2D eigenvalue weighted by Gasteiger charge is -2.18. The molecule has 2 heterocycles. The summed E-state index contributed by atoms with van der Waals surface area (Å²) < 4.78 is 0. The van der Waals surface area contributed by atoms with E-state index in [9.17, 15) is 4.79 Å². The van der Waals surface area contributed by atoms with E-state index in [1.165, 1.54) is 12.8 Å². The Morgan fingerprint density at radius 3 is 2.85 bits per heavy atom. The highest BCUT2D eigenvalue weighted by Crippen LogP contribution is 2.23. The highest BCUT2D eigenvalue weighted by molar-refractivity contribution is 6.01. The van der Waals surface area contributed by atoms with Crippen molar-refractivity contribution in [1.29, 1.82) is 0 Å². The second-order valence-electron chi connectivity index (χ2n) is 5.11. The summed E-state index contributed by atoms with van der Waals surface area (Å²) in [5, 5.41) is 2.88. The summed E-state index contributed by atoms with van der Waals surface area (Å²) in [6, 6.07) is 7.96. The lowest BCUT2D eigenvalue weighted by Crippen LogP contribution is -2.18. The van der Waals surface area contributed by atoms with Crippen LogP contribution in [0.15, 0.2) is 30.5 Å². The van der Waals surface area contributed by atoms with Crippen molar-refractivity contribution in [3.63, 3.8) is 0 Å². The molecule has 0 unspecified atom stereocenters. The maximum absolute atomic E-state index is 12.0. The molecular formula is C15H18N4O. The van der Waals surface area contributed by atoms with Gasteiger partial charge in [-0.1, -0.05) is 6.07 Å². The Kier molecular flexibility index (Phi) is 3.41. The zero-order valence-electron chi connectivity index (χ0n) is 11.5. The van der Waals surface area contributed by atoms with E-state index >= 15 is 0 Å². The van der Waals surface area contributed by atoms with E-state index in [1.54, 1.807) is 6.20 Å². The van der Waals surface area contributed by atoms with Gasteiger partial charge in [0.05, 0.1) is 0 Å². The molecule has 1 amide bonds. The molecule has 0 aliphatic carbocycles. The van der Waals surface area contributed by atoms with Crippen LogP contribution in [0.25, 0.3) is 0 Å². The van der Waals surface area contributed by atoms with E-state index in [0.29, 0.717) is 5.82 Å². The molecule has 0 bridgehead atoms. The molecule has 0 radical (unpaired) electrons. The molecule has 1 aromatic carbocycles. The van der Waals surface area contributed by atoms with Gasteiger partial charge in [-0.2, -0.15) is 0 Å². The molecule has 104 valence electrons. The van der Waals surface area contributed by atoms with E-state index in [2.05, 4.69) is 26.3 Å². The molecule has 0 atom stereocenters. The van der Waals surface area contributed by atoms with Crippen molar-refractivity contribution in [3.8, 4) is 0 Å². The molecule has 1 saturated heterocycles. The number of aromatic nitrogens is 2. The maximum atomic E-state index is 12.0. The van der Waals surface area contributed by atoms with Gasteiger partial charge in [-0.25, -0.2) is 4.98 Å². The number of aryl methyl sites for hydroxylation is 1. The molecule has 20 heavy (non-hydrogen) atoms. The SMILES string of the molecule is Cc1cnc(C(=O)Nc2cccc(N3CCCC3)c2)[nH]1. The first kappa shape index (κ1) is 12.7. The smallest absolute Gasteiger partial charge is 0.291 e. The number of hydrogen-bond donors (Lipinski definition) is 2. The van der Waals surface area contributed by atoms with Crippen molar-refractivity contribution >= 4 is 17.3 Å². The molecule has 5 nitrogen and oxygen atoms in total. The first-order valence-electron chi connectivity index (χ1n) is 6.90. The van der Waals surface area contributed by atoms with E-state index in [4.69, 9.17) is 0 Å². The maximum Gasteiger partial charge on any atom is 0.291 e. The Morgan fingerprint density at radius 2 is 2.15 bits per heavy atom. The average Bonchev–Trinajstić information content (AvgIpc) is 3.10. The van der Waals surface area contributed by atoms with E-state index in [0.717, 1.165) is 30.2 Å². The number of benzene rings is 1. The summed E-state index contributed by atoms with van der Waals surface area (Å²) in [4.78, 5) is 21.3. The van der Waals surface area contributed by atoms with Gasteiger partial charge in [-0.15, -0.1) is 0 Å². The van der Waals surface area contributed by atoms with Crippen LogP contribution in [0, 0.1) is 6.92 Å². The number of carbonyl (C=O) groups is 1. The Balaban J connectivity index is 1.74. The number of nitrogens with one attached hydrogen (secondary N) is 2. The topological polar surface area (TPSA) is 61.0 Å². The minimum absolute atomic E-state index is 0.211. The van der Waals surface area contributed by atoms with Crippen LogP contribution in [0.1, 0.15) is 29.2 Å². The molecule has 0 spiro atoms. The first-order valence-corrected chi connectivity index (χ1v) is 6.90. The van der Waals surface area contributed by atoms with Gasteiger partial charge in [0.2, 0.25) is 0 Å². The van der Waals surface area contributed by atoms with E-state index in [-0.39, 0.29) is 5.91 Å². The van der Waals surface area contributed by atoms with Crippen LogP contribution in [0.3, 0.4) is 0 Å². The number of H-pyrrole nitrogens is 1. The van der Waals surface area contributed by atoms with Gasteiger partial charge >= 0.3 is 0 Å². The minimum atomic E-state index is -0.211. The van der Waals surface area contributed by atoms with Crippen LogP contribution in [-0.2, 0) is 0 Å². The molecule has 1 aliphatic heterocycles. The van der Waals surface area contributed by atoms with Crippen LogP contribution < -0.4 is 10.2 Å². The second-order valence-corrected chi connectivity index (χ2v) is 5.11. The summed E-state index contributed by atoms with van der Waals surface area (Å²) in [5.41, 5.74) is 2.84. The van der Waals surface area contributed by atoms with Gasteiger partial charge in [0, 0.05) is 36.4 Å². The third-order valence-corrected chi connectivity index (χ3v) is 3.49. The van der Waals surface area contributed by atoms with E-state index < -0.39 is 0 Å². The zero-order chi connectivity index (χ0) is 13.9. The van der Waals surface area contributed by atoms with Crippen LogP contribution in [0.5, 0.6) is 0 Å². The molecule has 2 aromatic rings. The number of anilines is 2. The summed E-state index contributed by atoms with van der Waals surface area (Å²) in [5.74, 6) is 0.130. The van der Waals surface area contributed by atoms with Crippen molar-refractivity contribution < 1.29 is 4.79 Å². The van der Waals surface area contributed by atoms with Crippen molar-refractivity contribution in [2.45, 2.75) is 19.8 Å². The predicted octanol–water partition coefficient (Wildman–Crippen LogP) is 2.57. The lowest BCUT2D eigenvalue weighted by atomic mass is 10.2. The molecule has 3 rings (SSSR count). The highest BCUT2D eigenvalue weighted by Gasteiger charge is 2.14. The monoisotopic (exact) mass is 270 g/mol. The minimum Gasteiger partial charge on any atom is -0.371 e. The molecule has 1 aromatic heterocycles. The molecule has 1 aliphatic rings. The van der Waals surface area contributed by atoms with Crippen LogP contribution in [-0.4, -0.2) is 29.0 Å². The largest absolute Gasteiger partial charge is 0.371 e. The molecular weight excluding hydrogens is 252 g/mol. The van der Waals surface area contributed by atoms with Crippen molar-refractivity contribution in [3.05, 3.63) is 42.0 Å². The van der Waals surface area contributed by atoms with Crippen LogP contribution in [0.4, 0.5) is 11.4 Å². The quantitative estimate of drug-likeness (QED) is 0.901. The number of hydrogen-bond acceptors (Lipinski definition) is 3. The van der Waals surface area contributed by atoms with Crippen molar-refractivity contribution in [1.82, 2.24) is 9.97 Å². The number of nitrogens with zero attached hydrogens (tertiary/aromatic N) is 2. The highest BCUT2D eigenvalue weighted by atomic mass is 16.2. The van der Waals surface area contributed by atoms with Gasteiger partial charge in [0.25, 0.3) is 5.91 Å². The normalized spacial score (nSPS) is 14.6. The zero-order valence-corrected chi connectivity index (χ0v) is 11.5. The number of aromatic amines is 1. The number of imidazole rings is 1. The standard InChI is InChI=1S/C15H18N4O/c1-11-10-16-14(17-11)15(20)18-12-5-4-6-13(9-12)19-7-2-3-8-19/h4-6,9-10H,2-3,7-8H2,1H3,(H,16,17)(H,18,20). The Labute approximate surface area is 118 Å². The fourth-order valence-corrected chi connectivity index (χ4v) is 2.47. The first-order chi connectivity index (χ1) is 9.72. The second kappa shape index (κ2) is 5.36. The van der Waals surface area contributed by atoms with Gasteiger partial charge in [-0.3, -0.25) is 4.79 Å². The summed E-state index contributed by atoms with van der Waals surface area (Å²) in [6.45, 7) is 4.06. The lowest BCUT2D eigenvalue weighted by molar-refractivity contribution is 0.101. The number of amides is 1. The molecule has 5 heteroatoms. The van der Waals surface area contributed by atoms with E-state index in [1.807, 2.05) is 25.1 Å². The van der Waals surface area contributed by atoms with Crippen molar-refractivity contribution in [2.75, 3.05) is 23.3 Å². The molecule has 1 fully saturated rings. The Hall–Kier alpha value is -2.30. The van der Waals surface area contributed by atoms with Gasteiger partial charge in [-0.05, 0) is 38.0 Å². The number of rotatable bonds is 3. The molecule has 0 saturated carbocycles. The fourth-order valence-electron chi connectivity index (χ4n) is 2.47. The Bertz CT molecular complexity index is 614. The number of carbonyl (C=O) groups excluding carboxylic acids is 1. The average molecular weight is 270 g/mol. The van der Waals surface area contributed by atoms with Gasteiger partial charge < -0.3 is 15.2 Å². The Morgan fingerprint density at radius 1 is 1.35 bits per heavy atom. The van der Waals surface area contributed by atoms with Crippen molar-refractivity contribution in [2.24, 2.45) is 0 Å². The third kappa shape index (κ3) is 2.66. The van der Waals surface area contributed by atoms with Gasteiger partial charge in [0.1, 0.15) is 0 Å². The van der Waals surface area contributed by atoms with Crippen LogP contribution >= 0.6 is 0 Å². The third-order valence-electron chi connectivity index (χ3n) is 3.49.